The molecule has 1 heterocycles. The molecule has 0 saturated heterocycles. The van der Waals surface area contributed by atoms with Crippen molar-refractivity contribution in [3.05, 3.63) is 23.0 Å². The van der Waals surface area contributed by atoms with Crippen LogP contribution in [-0.4, -0.2) is 10.9 Å². The van der Waals surface area contributed by atoms with Gasteiger partial charge < -0.3 is 5.32 Å². The molecule has 1 aromatic heterocycles. The standard InChI is InChI=1S/C17H25ClN2O/c1-3-4-5-13-6-8-14(9-7-13)17(21)20-15-10-12(2)11-19-16(15)18/h10-11,13-14H,3-9H2,1-2H3,(H,20,21). The zero-order chi connectivity index (χ0) is 15.2. The smallest absolute Gasteiger partial charge is 0.227 e. The molecule has 0 bridgehead atoms. The molecule has 1 saturated carbocycles. The van der Waals surface area contributed by atoms with Crippen LogP contribution in [0.1, 0.15) is 57.4 Å². The van der Waals surface area contributed by atoms with Gasteiger partial charge in [0.1, 0.15) is 0 Å². The third-order valence-corrected chi connectivity index (χ3v) is 4.72. The molecule has 1 amide bonds. The van der Waals surface area contributed by atoms with E-state index in [1.807, 2.05) is 13.0 Å². The Balaban J connectivity index is 1.86. The summed E-state index contributed by atoms with van der Waals surface area (Å²) in [4.78, 5) is 16.4. The van der Waals surface area contributed by atoms with Gasteiger partial charge in [0.25, 0.3) is 0 Å². The van der Waals surface area contributed by atoms with E-state index in [0.717, 1.165) is 24.3 Å². The van der Waals surface area contributed by atoms with Crippen LogP contribution in [0.4, 0.5) is 5.69 Å². The van der Waals surface area contributed by atoms with Crippen molar-refractivity contribution in [2.45, 2.75) is 58.8 Å². The number of nitrogens with one attached hydrogen (secondary N) is 1. The minimum absolute atomic E-state index is 0.0956. The van der Waals surface area contributed by atoms with Crippen molar-refractivity contribution in [2.24, 2.45) is 11.8 Å². The van der Waals surface area contributed by atoms with Crippen molar-refractivity contribution < 1.29 is 4.79 Å². The molecular formula is C17H25ClN2O. The molecule has 0 aromatic carbocycles. The van der Waals surface area contributed by atoms with E-state index < -0.39 is 0 Å². The van der Waals surface area contributed by atoms with Gasteiger partial charge in [-0.25, -0.2) is 4.98 Å². The molecule has 0 radical (unpaired) electrons. The number of pyridine rings is 1. The molecule has 21 heavy (non-hydrogen) atoms. The van der Waals surface area contributed by atoms with Gasteiger partial charge >= 0.3 is 0 Å². The quantitative estimate of drug-likeness (QED) is 0.780. The van der Waals surface area contributed by atoms with Crippen LogP contribution in [0.25, 0.3) is 0 Å². The number of carbonyl (C=O) groups excluding carboxylic acids is 1. The van der Waals surface area contributed by atoms with Crippen molar-refractivity contribution in [2.75, 3.05) is 5.32 Å². The number of aryl methyl sites for hydroxylation is 1. The van der Waals surface area contributed by atoms with Gasteiger partial charge in [-0.1, -0.05) is 37.8 Å². The average Bonchev–Trinajstić information content (AvgIpc) is 2.49. The number of hydrogen-bond acceptors (Lipinski definition) is 2. The maximum atomic E-state index is 12.4. The number of anilines is 1. The molecule has 0 aliphatic heterocycles. The molecule has 0 spiro atoms. The monoisotopic (exact) mass is 308 g/mol. The third kappa shape index (κ3) is 4.70. The molecule has 4 heteroatoms. The molecule has 2 rings (SSSR count). The fourth-order valence-electron chi connectivity index (χ4n) is 3.08. The van der Waals surface area contributed by atoms with E-state index in [1.165, 1.54) is 32.1 Å². The summed E-state index contributed by atoms with van der Waals surface area (Å²) in [6, 6.07) is 1.88. The first-order chi connectivity index (χ1) is 10.1. The van der Waals surface area contributed by atoms with Crippen LogP contribution in [0.5, 0.6) is 0 Å². The normalized spacial score (nSPS) is 22.0. The van der Waals surface area contributed by atoms with Gasteiger partial charge in [-0.05, 0) is 50.2 Å². The fraction of sp³-hybridized carbons (Fsp3) is 0.647. The van der Waals surface area contributed by atoms with Crippen LogP contribution in [0.15, 0.2) is 12.3 Å². The SMILES string of the molecule is CCCCC1CCC(C(=O)Nc2cc(C)cnc2Cl)CC1. The van der Waals surface area contributed by atoms with Gasteiger partial charge in [-0.15, -0.1) is 0 Å². The first-order valence-electron chi connectivity index (χ1n) is 8.03. The van der Waals surface area contributed by atoms with Crippen molar-refractivity contribution >= 4 is 23.2 Å². The number of carbonyl (C=O) groups is 1. The molecule has 116 valence electrons. The Morgan fingerprint density at radius 2 is 2.10 bits per heavy atom. The van der Waals surface area contributed by atoms with Gasteiger partial charge in [0.05, 0.1) is 5.69 Å². The lowest BCUT2D eigenvalue weighted by atomic mass is 9.79. The highest BCUT2D eigenvalue weighted by atomic mass is 35.5. The highest BCUT2D eigenvalue weighted by molar-refractivity contribution is 6.32. The van der Waals surface area contributed by atoms with Crippen LogP contribution in [-0.2, 0) is 4.79 Å². The lowest BCUT2D eigenvalue weighted by molar-refractivity contribution is -0.121. The van der Waals surface area contributed by atoms with Crippen LogP contribution in [0.2, 0.25) is 5.15 Å². The van der Waals surface area contributed by atoms with E-state index in [1.54, 1.807) is 6.20 Å². The largest absolute Gasteiger partial charge is 0.323 e. The first-order valence-corrected chi connectivity index (χ1v) is 8.41. The molecule has 1 aliphatic carbocycles. The Morgan fingerprint density at radius 1 is 1.38 bits per heavy atom. The Bertz CT molecular complexity index is 482. The minimum atomic E-state index is 0.0956. The predicted molar refractivity (Wildman–Crippen MR) is 87.6 cm³/mol. The average molecular weight is 309 g/mol. The van der Waals surface area contributed by atoms with Crippen LogP contribution < -0.4 is 5.32 Å². The van der Waals surface area contributed by atoms with Crippen molar-refractivity contribution in [1.29, 1.82) is 0 Å². The van der Waals surface area contributed by atoms with E-state index in [2.05, 4.69) is 17.2 Å². The molecule has 0 unspecified atom stereocenters. The highest BCUT2D eigenvalue weighted by Crippen LogP contribution is 2.33. The Morgan fingerprint density at radius 3 is 2.76 bits per heavy atom. The Kier molecular flexibility index (Phi) is 6.04. The van der Waals surface area contributed by atoms with Crippen molar-refractivity contribution in [1.82, 2.24) is 4.98 Å². The first kappa shape index (κ1) is 16.3. The highest BCUT2D eigenvalue weighted by Gasteiger charge is 2.26. The Labute approximate surface area is 132 Å². The second-order valence-electron chi connectivity index (χ2n) is 6.20. The van der Waals surface area contributed by atoms with Crippen molar-refractivity contribution in [3.8, 4) is 0 Å². The lowest BCUT2D eigenvalue weighted by Gasteiger charge is -2.27. The van der Waals surface area contributed by atoms with E-state index in [0.29, 0.717) is 10.8 Å². The number of unbranched alkanes of at least 4 members (excludes halogenated alkanes) is 1. The number of aromatic nitrogens is 1. The summed E-state index contributed by atoms with van der Waals surface area (Å²) in [7, 11) is 0. The number of nitrogens with zero attached hydrogens (tertiary/aromatic N) is 1. The number of rotatable bonds is 5. The molecule has 1 aliphatic rings. The number of hydrogen-bond donors (Lipinski definition) is 1. The van der Waals surface area contributed by atoms with E-state index in [-0.39, 0.29) is 11.8 Å². The fourth-order valence-corrected chi connectivity index (χ4v) is 3.23. The summed E-state index contributed by atoms with van der Waals surface area (Å²) in [6.07, 6.45) is 9.95. The van der Waals surface area contributed by atoms with E-state index >= 15 is 0 Å². The molecular weight excluding hydrogens is 284 g/mol. The summed E-state index contributed by atoms with van der Waals surface area (Å²) in [5.41, 5.74) is 1.63. The van der Waals surface area contributed by atoms with Gasteiger partial charge in [0.15, 0.2) is 5.15 Å². The summed E-state index contributed by atoms with van der Waals surface area (Å²) in [5, 5.41) is 3.31. The molecule has 1 N–H and O–H groups in total. The number of amides is 1. The minimum Gasteiger partial charge on any atom is -0.323 e. The summed E-state index contributed by atoms with van der Waals surface area (Å²) in [6.45, 7) is 4.18. The molecule has 1 fully saturated rings. The molecule has 3 nitrogen and oxygen atoms in total. The van der Waals surface area contributed by atoms with E-state index in [4.69, 9.17) is 11.6 Å². The van der Waals surface area contributed by atoms with Gasteiger partial charge in [-0.3, -0.25) is 4.79 Å². The summed E-state index contributed by atoms with van der Waals surface area (Å²) < 4.78 is 0. The predicted octanol–water partition coefficient (Wildman–Crippen LogP) is 4.98. The maximum absolute atomic E-state index is 12.4. The van der Waals surface area contributed by atoms with Gasteiger partial charge in [0.2, 0.25) is 5.91 Å². The summed E-state index contributed by atoms with van der Waals surface area (Å²) >= 11 is 6.03. The number of halogens is 1. The second kappa shape index (κ2) is 7.79. The Hall–Kier alpha value is -1.09. The second-order valence-corrected chi connectivity index (χ2v) is 6.56. The van der Waals surface area contributed by atoms with Crippen LogP contribution in [0, 0.1) is 18.8 Å². The zero-order valence-electron chi connectivity index (χ0n) is 13.0. The molecule has 1 aromatic rings. The topological polar surface area (TPSA) is 42.0 Å². The zero-order valence-corrected chi connectivity index (χ0v) is 13.7. The molecule has 0 atom stereocenters. The summed E-state index contributed by atoms with van der Waals surface area (Å²) in [5.74, 6) is 1.04. The van der Waals surface area contributed by atoms with Gasteiger partial charge in [0, 0.05) is 12.1 Å². The van der Waals surface area contributed by atoms with Crippen LogP contribution in [0.3, 0.4) is 0 Å². The van der Waals surface area contributed by atoms with Gasteiger partial charge in [-0.2, -0.15) is 0 Å². The maximum Gasteiger partial charge on any atom is 0.227 e. The van der Waals surface area contributed by atoms with E-state index in [9.17, 15) is 4.79 Å². The third-order valence-electron chi connectivity index (χ3n) is 4.42. The van der Waals surface area contributed by atoms with Crippen molar-refractivity contribution in [3.63, 3.8) is 0 Å². The lowest BCUT2D eigenvalue weighted by Crippen LogP contribution is -2.27. The van der Waals surface area contributed by atoms with Crippen LogP contribution >= 0.6 is 11.6 Å².